The Morgan fingerprint density at radius 1 is 1.14 bits per heavy atom. The summed E-state index contributed by atoms with van der Waals surface area (Å²) >= 11 is 0. The van der Waals surface area contributed by atoms with Gasteiger partial charge in [-0.3, -0.25) is 0 Å². The van der Waals surface area contributed by atoms with E-state index in [1.807, 2.05) is 6.92 Å². The molecule has 0 unspecified atom stereocenters. The van der Waals surface area contributed by atoms with Crippen molar-refractivity contribution in [1.29, 1.82) is 0 Å². The van der Waals surface area contributed by atoms with Crippen molar-refractivity contribution in [2.24, 2.45) is 0 Å². The first-order valence-electron chi connectivity index (χ1n) is 13.6. The van der Waals surface area contributed by atoms with E-state index in [-0.39, 0.29) is 29.7 Å². The van der Waals surface area contributed by atoms with Crippen molar-refractivity contribution >= 4 is 27.6 Å². The summed E-state index contributed by atoms with van der Waals surface area (Å²) < 4.78 is 85.0. The number of halogens is 3. The predicted octanol–water partition coefficient (Wildman–Crippen LogP) is 5.94. The molecule has 1 aliphatic rings. The van der Waals surface area contributed by atoms with Crippen LogP contribution in [0.15, 0.2) is 47.4 Å². The number of amides is 1. The van der Waals surface area contributed by atoms with E-state index >= 15 is 8.78 Å². The van der Waals surface area contributed by atoms with Gasteiger partial charge < -0.3 is 19.7 Å². The van der Waals surface area contributed by atoms with Crippen molar-refractivity contribution < 1.29 is 35.9 Å². The van der Waals surface area contributed by atoms with E-state index < -0.39 is 50.7 Å². The van der Waals surface area contributed by atoms with Gasteiger partial charge in [0.25, 0.3) is 10.0 Å². The minimum atomic E-state index is -4.97. The van der Waals surface area contributed by atoms with Crippen LogP contribution in [-0.4, -0.2) is 56.2 Å². The first-order chi connectivity index (χ1) is 20.1. The Kier molecular flexibility index (Phi) is 9.14. The Labute approximate surface area is 249 Å². The number of carbonyl (C=O) groups is 1. The van der Waals surface area contributed by atoms with Gasteiger partial charge in [0.2, 0.25) is 5.95 Å². The van der Waals surface area contributed by atoms with E-state index in [1.165, 1.54) is 31.1 Å². The summed E-state index contributed by atoms with van der Waals surface area (Å²) in [5.41, 5.74) is 0.434. The number of rotatable bonds is 8. The Hall–Kier alpha value is -4.00. The Morgan fingerprint density at radius 3 is 2.51 bits per heavy atom. The zero-order chi connectivity index (χ0) is 31.7. The lowest BCUT2D eigenvalue weighted by Crippen LogP contribution is -2.36. The van der Waals surface area contributed by atoms with Gasteiger partial charge in [0.15, 0.2) is 10.7 Å². The van der Waals surface area contributed by atoms with Crippen LogP contribution in [0.2, 0.25) is 0 Å². The molecule has 13 heteroatoms. The lowest BCUT2D eigenvalue weighted by Gasteiger charge is -2.26. The van der Waals surface area contributed by atoms with Crippen LogP contribution in [0.25, 0.3) is 0 Å². The Morgan fingerprint density at radius 2 is 1.86 bits per heavy atom. The van der Waals surface area contributed by atoms with Crippen LogP contribution in [0.4, 0.5) is 29.5 Å². The number of methoxy groups -OCH3 is 1. The summed E-state index contributed by atoms with van der Waals surface area (Å²) in [7, 11) is -3.56. The molecule has 0 saturated carbocycles. The summed E-state index contributed by atoms with van der Waals surface area (Å²) in [6.07, 6.45) is -0.0112. The number of nitrogens with one attached hydrogen (secondary N) is 1. The lowest BCUT2D eigenvalue weighted by atomic mass is 10.1. The fourth-order valence-electron chi connectivity index (χ4n) is 4.74. The monoisotopic (exact) mass is 620 g/mol. The molecule has 1 N–H and O–H groups in total. The van der Waals surface area contributed by atoms with Crippen LogP contribution in [0.1, 0.15) is 43.9 Å². The maximum absolute atomic E-state index is 15.9. The minimum Gasteiger partial charge on any atom is -0.496 e. The second-order valence-corrected chi connectivity index (χ2v) is 13.2. The molecule has 0 spiro atoms. The predicted molar refractivity (Wildman–Crippen MR) is 156 cm³/mol. The number of aryl methyl sites for hydroxylation is 1. The van der Waals surface area contributed by atoms with Gasteiger partial charge in [-0.1, -0.05) is 18.2 Å². The number of hydrogen-bond acceptors (Lipinski definition) is 7. The first kappa shape index (κ1) is 31.9. The van der Waals surface area contributed by atoms with E-state index in [0.29, 0.717) is 28.6 Å². The van der Waals surface area contributed by atoms with E-state index in [1.54, 1.807) is 39.0 Å². The standard InChI is InChI=1S/C30H35F3N4O5S/c1-18-10-11-20(24(14-18)41-6)16-37(26-9-7-8-25(32)35-26)43(39,40)28-22(31)15-23(19(2)27(28)33)34-21-12-13-36(17-21)29(38)42-30(3,4)5/h7-11,14-15,21,34H,12-13,16-17H2,1-6H3/t21-/m0/s1. The summed E-state index contributed by atoms with van der Waals surface area (Å²) in [6, 6.07) is 9.08. The summed E-state index contributed by atoms with van der Waals surface area (Å²) in [4.78, 5) is 16.4. The van der Waals surface area contributed by atoms with Crippen molar-refractivity contribution in [2.75, 3.05) is 29.8 Å². The van der Waals surface area contributed by atoms with Crippen LogP contribution in [0.5, 0.6) is 5.75 Å². The molecule has 4 rings (SSSR count). The van der Waals surface area contributed by atoms with E-state index in [0.717, 1.165) is 17.7 Å². The summed E-state index contributed by atoms with van der Waals surface area (Å²) in [6.45, 7) is 8.57. The fraction of sp³-hybridized carbons (Fsp3) is 0.400. The van der Waals surface area contributed by atoms with E-state index in [9.17, 15) is 17.6 Å². The number of benzene rings is 2. The number of carbonyl (C=O) groups excluding carboxylic acids is 1. The van der Waals surface area contributed by atoms with Gasteiger partial charge in [0.05, 0.1) is 13.7 Å². The van der Waals surface area contributed by atoms with Crippen LogP contribution < -0.4 is 14.4 Å². The maximum Gasteiger partial charge on any atom is 0.410 e. The molecule has 1 aromatic heterocycles. The second kappa shape index (κ2) is 12.3. The smallest absolute Gasteiger partial charge is 0.410 e. The molecule has 0 bridgehead atoms. The largest absolute Gasteiger partial charge is 0.496 e. The van der Waals surface area contributed by atoms with Crippen LogP contribution >= 0.6 is 0 Å². The highest BCUT2D eigenvalue weighted by molar-refractivity contribution is 7.92. The number of aromatic nitrogens is 1. The molecule has 1 aliphatic heterocycles. The number of pyridine rings is 1. The van der Waals surface area contributed by atoms with Crippen LogP contribution in [0.3, 0.4) is 0 Å². The molecule has 1 atom stereocenters. The molecule has 0 radical (unpaired) electrons. The second-order valence-electron chi connectivity index (χ2n) is 11.4. The Balaban J connectivity index is 1.68. The van der Waals surface area contributed by atoms with Gasteiger partial charge in [-0.2, -0.15) is 4.39 Å². The molecule has 2 heterocycles. The molecule has 232 valence electrons. The molecule has 1 amide bonds. The molecule has 0 aliphatic carbocycles. The topological polar surface area (TPSA) is 101 Å². The number of likely N-dealkylation sites (tertiary alicyclic amines) is 1. The van der Waals surface area contributed by atoms with Gasteiger partial charge in [-0.25, -0.2) is 31.3 Å². The zero-order valence-corrected chi connectivity index (χ0v) is 25.7. The fourth-order valence-corrected chi connectivity index (χ4v) is 6.31. The maximum atomic E-state index is 15.9. The molecule has 9 nitrogen and oxygen atoms in total. The average Bonchev–Trinajstić information content (AvgIpc) is 3.38. The number of nitrogens with zero attached hydrogens (tertiary/aromatic N) is 3. The molecule has 1 fully saturated rings. The first-order valence-corrected chi connectivity index (χ1v) is 15.1. The number of anilines is 2. The molecule has 3 aromatic rings. The van der Waals surface area contributed by atoms with Gasteiger partial charge in [0, 0.05) is 35.9 Å². The molecular formula is C30H35F3N4O5S. The number of ether oxygens (including phenoxy) is 2. The van der Waals surface area contributed by atoms with E-state index in [4.69, 9.17) is 9.47 Å². The van der Waals surface area contributed by atoms with Crippen LogP contribution in [-0.2, 0) is 21.3 Å². The van der Waals surface area contributed by atoms with Gasteiger partial charge in [0.1, 0.15) is 23.0 Å². The van der Waals surface area contributed by atoms with Crippen LogP contribution in [0, 0.1) is 31.4 Å². The van der Waals surface area contributed by atoms with E-state index in [2.05, 4.69) is 10.3 Å². The van der Waals surface area contributed by atoms with Crippen molar-refractivity contribution in [3.63, 3.8) is 0 Å². The highest BCUT2D eigenvalue weighted by atomic mass is 32.2. The quantitative estimate of drug-likeness (QED) is 0.311. The summed E-state index contributed by atoms with van der Waals surface area (Å²) in [5.74, 6) is -3.64. The lowest BCUT2D eigenvalue weighted by molar-refractivity contribution is 0.0293. The highest BCUT2D eigenvalue weighted by Crippen LogP contribution is 2.34. The van der Waals surface area contributed by atoms with Gasteiger partial charge >= 0.3 is 6.09 Å². The van der Waals surface area contributed by atoms with Crippen molar-refractivity contribution in [1.82, 2.24) is 9.88 Å². The van der Waals surface area contributed by atoms with Crippen molar-refractivity contribution in [2.45, 2.75) is 64.1 Å². The van der Waals surface area contributed by atoms with Gasteiger partial charge in [-0.05, 0) is 70.9 Å². The van der Waals surface area contributed by atoms with Gasteiger partial charge in [-0.15, -0.1) is 0 Å². The third kappa shape index (κ3) is 7.15. The normalized spacial score (nSPS) is 15.4. The number of sulfonamides is 1. The van der Waals surface area contributed by atoms with Crippen molar-refractivity contribution in [3.8, 4) is 5.75 Å². The molecule has 2 aromatic carbocycles. The molecule has 43 heavy (non-hydrogen) atoms. The minimum absolute atomic E-state index is 0.0422. The third-order valence-corrected chi connectivity index (χ3v) is 8.67. The Bertz CT molecular complexity index is 1630. The highest BCUT2D eigenvalue weighted by Gasteiger charge is 2.36. The number of hydrogen-bond donors (Lipinski definition) is 1. The average molecular weight is 621 g/mol. The SMILES string of the molecule is COc1cc(C)ccc1CN(c1cccc(F)n1)S(=O)(=O)c1c(F)cc(N[C@H]2CCN(C(=O)OC(C)(C)C)C2)c(C)c1F. The zero-order valence-electron chi connectivity index (χ0n) is 24.9. The molecular weight excluding hydrogens is 585 g/mol. The summed E-state index contributed by atoms with van der Waals surface area (Å²) in [5, 5.41) is 3.03. The molecule has 1 saturated heterocycles. The van der Waals surface area contributed by atoms with Crippen molar-refractivity contribution in [3.05, 3.63) is 76.7 Å². The third-order valence-electron chi connectivity index (χ3n) is 6.88.